The van der Waals surface area contributed by atoms with Gasteiger partial charge < -0.3 is 5.11 Å². The first-order valence-electron chi connectivity index (χ1n) is 5.83. The second-order valence-electron chi connectivity index (χ2n) is 5.69. The third kappa shape index (κ3) is 0.758. The Balaban J connectivity index is 2.11. The summed E-state index contributed by atoms with van der Waals surface area (Å²) in [6, 6.07) is 0. The summed E-state index contributed by atoms with van der Waals surface area (Å²) in [5.74, 6) is 0.917. The van der Waals surface area contributed by atoms with Crippen molar-refractivity contribution in [1.82, 2.24) is 0 Å². The summed E-state index contributed by atoms with van der Waals surface area (Å²) in [5.41, 5.74) is -0.574. The quantitative estimate of drug-likeness (QED) is 0.639. The van der Waals surface area contributed by atoms with E-state index in [1.54, 1.807) is 0 Å². The SMILES string of the molecule is C[C@]12CCC(=O)[C@H]3C[C@H]1CCC[C@@]32O. The van der Waals surface area contributed by atoms with Crippen LogP contribution in [-0.2, 0) is 4.79 Å². The van der Waals surface area contributed by atoms with Gasteiger partial charge in [0, 0.05) is 17.8 Å². The van der Waals surface area contributed by atoms with Crippen molar-refractivity contribution in [2.24, 2.45) is 17.3 Å². The average molecular weight is 194 g/mol. The number of hydrogen-bond donors (Lipinski definition) is 1. The van der Waals surface area contributed by atoms with Crippen molar-refractivity contribution in [2.75, 3.05) is 0 Å². The largest absolute Gasteiger partial charge is 0.389 e. The molecule has 3 saturated carbocycles. The minimum Gasteiger partial charge on any atom is -0.389 e. The first-order chi connectivity index (χ1) is 6.58. The summed E-state index contributed by atoms with van der Waals surface area (Å²) in [7, 11) is 0. The van der Waals surface area contributed by atoms with Crippen LogP contribution in [0.15, 0.2) is 0 Å². The molecule has 4 atom stereocenters. The summed E-state index contributed by atoms with van der Waals surface area (Å²) >= 11 is 0. The Kier molecular flexibility index (Phi) is 1.53. The van der Waals surface area contributed by atoms with Crippen LogP contribution >= 0.6 is 0 Å². The van der Waals surface area contributed by atoms with Crippen LogP contribution < -0.4 is 0 Å². The molecule has 14 heavy (non-hydrogen) atoms. The lowest BCUT2D eigenvalue weighted by molar-refractivity contribution is -0.160. The minimum absolute atomic E-state index is 0.0197. The van der Waals surface area contributed by atoms with Crippen molar-refractivity contribution in [3.63, 3.8) is 0 Å². The lowest BCUT2D eigenvalue weighted by atomic mass is 9.57. The van der Waals surface area contributed by atoms with Gasteiger partial charge in [-0.2, -0.15) is 0 Å². The topological polar surface area (TPSA) is 37.3 Å². The van der Waals surface area contributed by atoms with Crippen LogP contribution in [0.1, 0.15) is 45.4 Å². The molecule has 0 unspecified atom stereocenters. The molecule has 0 aliphatic heterocycles. The fraction of sp³-hybridized carbons (Fsp3) is 0.917. The van der Waals surface area contributed by atoms with Crippen LogP contribution in [-0.4, -0.2) is 16.5 Å². The maximum Gasteiger partial charge on any atom is 0.138 e. The Morgan fingerprint density at radius 2 is 2.21 bits per heavy atom. The highest BCUT2D eigenvalue weighted by Gasteiger charge is 2.66. The van der Waals surface area contributed by atoms with Gasteiger partial charge in [0.05, 0.1) is 5.60 Å². The lowest BCUT2D eigenvalue weighted by Gasteiger charge is -2.50. The molecule has 1 N–H and O–H groups in total. The average Bonchev–Trinajstić information content (AvgIpc) is 2.34. The maximum atomic E-state index is 11.8. The van der Waals surface area contributed by atoms with E-state index in [0.29, 0.717) is 18.1 Å². The van der Waals surface area contributed by atoms with E-state index in [2.05, 4.69) is 6.92 Å². The van der Waals surface area contributed by atoms with Gasteiger partial charge in [-0.05, 0) is 31.6 Å². The molecule has 3 aliphatic carbocycles. The van der Waals surface area contributed by atoms with Gasteiger partial charge in [-0.1, -0.05) is 13.3 Å². The predicted octanol–water partition coefficient (Wildman–Crippen LogP) is 1.91. The molecule has 0 heterocycles. The molecule has 0 spiro atoms. The second-order valence-corrected chi connectivity index (χ2v) is 5.69. The van der Waals surface area contributed by atoms with Crippen molar-refractivity contribution in [1.29, 1.82) is 0 Å². The monoisotopic (exact) mass is 194 g/mol. The van der Waals surface area contributed by atoms with E-state index in [-0.39, 0.29) is 11.3 Å². The van der Waals surface area contributed by atoms with E-state index in [4.69, 9.17) is 0 Å². The van der Waals surface area contributed by atoms with Crippen molar-refractivity contribution in [3.8, 4) is 0 Å². The van der Waals surface area contributed by atoms with Crippen molar-refractivity contribution in [2.45, 2.75) is 51.0 Å². The van der Waals surface area contributed by atoms with Gasteiger partial charge in [-0.25, -0.2) is 0 Å². The summed E-state index contributed by atoms with van der Waals surface area (Å²) in [6.45, 7) is 2.21. The summed E-state index contributed by atoms with van der Waals surface area (Å²) in [5, 5.41) is 10.7. The molecule has 4 bridgehead atoms. The molecule has 0 radical (unpaired) electrons. The van der Waals surface area contributed by atoms with Crippen LogP contribution in [0, 0.1) is 17.3 Å². The molecule has 0 aromatic heterocycles. The molecule has 3 fully saturated rings. The van der Waals surface area contributed by atoms with Gasteiger partial charge in [-0.15, -0.1) is 0 Å². The van der Waals surface area contributed by atoms with Gasteiger partial charge in [0.15, 0.2) is 0 Å². The third-order valence-electron chi connectivity index (χ3n) is 5.38. The van der Waals surface area contributed by atoms with E-state index in [1.165, 1.54) is 6.42 Å². The summed E-state index contributed by atoms with van der Waals surface area (Å²) < 4.78 is 0. The van der Waals surface area contributed by atoms with Crippen LogP contribution in [0.2, 0.25) is 0 Å². The number of rotatable bonds is 0. The van der Waals surface area contributed by atoms with Crippen LogP contribution in [0.25, 0.3) is 0 Å². The number of Topliss-reactive ketones (excluding diaryl/α,β-unsaturated/α-hetero) is 1. The Morgan fingerprint density at radius 3 is 3.00 bits per heavy atom. The molecule has 0 amide bonds. The second kappa shape index (κ2) is 2.41. The minimum atomic E-state index is -0.634. The zero-order valence-corrected chi connectivity index (χ0v) is 8.75. The molecule has 3 aliphatic rings. The molecule has 2 heteroatoms. The van der Waals surface area contributed by atoms with Gasteiger partial charge in [0.2, 0.25) is 0 Å². The van der Waals surface area contributed by atoms with Crippen molar-refractivity contribution >= 4 is 5.78 Å². The first-order valence-corrected chi connectivity index (χ1v) is 5.83. The van der Waals surface area contributed by atoms with E-state index in [0.717, 1.165) is 25.7 Å². The molecule has 0 aromatic carbocycles. The summed E-state index contributed by atoms with van der Waals surface area (Å²) in [4.78, 5) is 11.8. The molecule has 0 saturated heterocycles. The Morgan fingerprint density at radius 1 is 1.43 bits per heavy atom. The molecule has 78 valence electrons. The zero-order chi connectivity index (χ0) is 9.97. The zero-order valence-electron chi connectivity index (χ0n) is 8.75. The fourth-order valence-electron chi connectivity index (χ4n) is 4.38. The molecule has 2 nitrogen and oxygen atoms in total. The molecular formula is C12H18O2. The Labute approximate surface area is 84.7 Å². The van der Waals surface area contributed by atoms with E-state index in [9.17, 15) is 9.90 Å². The van der Waals surface area contributed by atoms with E-state index < -0.39 is 5.60 Å². The normalized spacial score (nSPS) is 56.3. The molecule has 3 rings (SSSR count). The molecule has 0 aromatic rings. The predicted molar refractivity (Wildman–Crippen MR) is 52.7 cm³/mol. The lowest BCUT2D eigenvalue weighted by Crippen LogP contribution is -2.55. The smallest absolute Gasteiger partial charge is 0.138 e. The number of aliphatic hydroxyl groups is 1. The number of carbonyl (C=O) groups excluding carboxylic acids is 1. The number of hydrogen-bond acceptors (Lipinski definition) is 2. The van der Waals surface area contributed by atoms with E-state index in [1.807, 2.05) is 0 Å². The van der Waals surface area contributed by atoms with Crippen LogP contribution in [0.4, 0.5) is 0 Å². The third-order valence-corrected chi connectivity index (χ3v) is 5.38. The Hall–Kier alpha value is -0.370. The van der Waals surface area contributed by atoms with Gasteiger partial charge in [-0.3, -0.25) is 4.79 Å². The van der Waals surface area contributed by atoms with Crippen molar-refractivity contribution in [3.05, 3.63) is 0 Å². The van der Waals surface area contributed by atoms with Gasteiger partial charge in [0.1, 0.15) is 5.78 Å². The summed E-state index contributed by atoms with van der Waals surface area (Å²) in [6.07, 6.45) is 5.79. The standard InChI is InChI=1S/C12H18O2/c1-11-6-4-10(13)9-7-8(11)3-2-5-12(9,11)14/h8-9,14H,2-7H2,1H3/t8-,9-,11+,12-/m1/s1. The fourth-order valence-corrected chi connectivity index (χ4v) is 4.38. The van der Waals surface area contributed by atoms with Gasteiger partial charge in [0.25, 0.3) is 0 Å². The van der Waals surface area contributed by atoms with Crippen LogP contribution in [0.5, 0.6) is 0 Å². The first kappa shape index (κ1) is 8.90. The van der Waals surface area contributed by atoms with Crippen molar-refractivity contribution < 1.29 is 9.90 Å². The highest BCUT2D eigenvalue weighted by Crippen LogP contribution is 2.65. The molecular weight excluding hydrogens is 176 g/mol. The highest BCUT2D eigenvalue weighted by atomic mass is 16.3. The van der Waals surface area contributed by atoms with Gasteiger partial charge >= 0.3 is 0 Å². The highest BCUT2D eigenvalue weighted by molar-refractivity contribution is 5.84. The maximum absolute atomic E-state index is 11.8. The number of carbonyl (C=O) groups is 1. The number of ketones is 1. The van der Waals surface area contributed by atoms with E-state index >= 15 is 0 Å². The Bertz CT molecular complexity index is 299. The van der Waals surface area contributed by atoms with Crippen LogP contribution in [0.3, 0.4) is 0 Å².